The van der Waals surface area contributed by atoms with Crippen molar-refractivity contribution < 1.29 is 0 Å². The smallest absolute Gasteiger partial charge is 0.0429 e. The number of piperidine rings is 1. The normalized spacial score (nSPS) is 33.3. The van der Waals surface area contributed by atoms with Gasteiger partial charge in [-0.1, -0.05) is 24.6 Å². The van der Waals surface area contributed by atoms with Crippen LogP contribution in [-0.4, -0.2) is 54.1 Å². The summed E-state index contributed by atoms with van der Waals surface area (Å²) in [7, 11) is 0. The fraction of sp³-hybridized carbons (Fsp3) is 0.667. The average Bonchev–Trinajstić information content (AvgIpc) is 2.90. The predicted molar refractivity (Wildman–Crippen MR) is 87.8 cm³/mol. The van der Waals surface area contributed by atoms with Gasteiger partial charge in [0, 0.05) is 43.4 Å². The molecule has 3 heterocycles. The van der Waals surface area contributed by atoms with Crippen LogP contribution in [0.25, 0.3) is 0 Å². The van der Waals surface area contributed by atoms with Crippen molar-refractivity contribution in [2.24, 2.45) is 0 Å². The number of nitrogens with one attached hydrogen (secondary N) is 1. The molecule has 0 saturated carbocycles. The van der Waals surface area contributed by atoms with Gasteiger partial charge in [-0.15, -0.1) is 0 Å². The van der Waals surface area contributed by atoms with Crippen LogP contribution < -0.4 is 5.32 Å². The van der Waals surface area contributed by atoms with Crippen molar-refractivity contribution in [1.29, 1.82) is 0 Å². The van der Waals surface area contributed by atoms with Crippen LogP contribution in [0, 0.1) is 0 Å². The number of nitrogens with zero attached hydrogens (tertiary/aromatic N) is 2. The van der Waals surface area contributed by atoms with E-state index in [0.29, 0.717) is 12.1 Å². The Kier molecular flexibility index (Phi) is 3.64. The number of piperazine rings is 1. The Morgan fingerprint density at radius 2 is 2.10 bits per heavy atom. The maximum atomic E-state index is 3.72. The Balaban J connectivity index is 1.39. The molecule has 3 aliphatic rings. The van der Waals surface area contributed by atoms with Crippen LogP contribution in [0.5, 0.6) is 0 Å². The summed E-state index contributed by atoms with van der Waals surface area (Å²) < 4.78 is 0. The van der Waals surface area contributed by atoms with Crippen LogP contribution >= 0.6 is 0 Å². The van der Waals surface area contributed by atoms with E-state index in [1.165, 1.54) is 63.1 Å². The minimum atomic E-state index is 0.597. The van der Waals surface area contributed by atoms with Crippen molar-refractivity contribution in [2.75, 3.05) is 31.5 Å². The molecular formula is C18H27N3. The summed E-state index contributed by atoms with van der Waals surface area (Å²) >= 11 is 0. The van der Waals surface area contributed by atoms with Crippen LogP contribution in [0.1, 0.15) is 31.7 Å². The first kappa shape index (κ1) is 13.6. The van der Waals surface area contributed by atoms with E-state index in [-0.39, 0.29) is 0 Å². The zero-order valence-corrected chi connectivity index (χ0v) is 13.1. The largest absolute Gasteiger partial charge is 0.380 e. The van der Waals surface area contributed by atoms with Gasteiger partial charge in [0.15, 0.2) is 0 Å². The lowest BCUT2D eigenvalue weighted by Crippen LogP contribution is -2.60. The summed E-state index contributed by atoms with van der Waals surface area (Å²) in [4.78, 5) is 5.47. The first-order valence-electron chi connectivity index (χ1n) is 8.62. The summed E-state index contributed by atoms with van der Waals surface area (Å²) in [5, 5.41) is 3.72. The van der Waals surface area contributed by atoms with E-state index in [0.717, 1.165) is 6.04 Å². The summed E-state index contributed by atoms with van der Waals surface area (Å²) in [5.41, 5.74) is 2.85. The van der Waals surface area contributed by atoms with Gasteiger partial charge in [0.25, 0.3) is 0 Å². The first-order chi connectivity index (χ1) is 10.3. The molecule has 0 spiro atoms. The van der Waals surface area contributed by atoms with Crippen molar-refractivity contribution in [3.05, 3.63) is 29.8 Å². The molecule has 0 radical (unpaired) electrons. The number of fused-ring (bicyclic) bond motifs is 2. The molecule has 3 atom stereocenters. The van der Waals surface area contributed by atoms with Crippen molar-refractivity contribution in [3.63, 3.8) is 0 Å². The van der Waals surface area contributed by atoms with E-state index in [9.17, 15) is 0 Å². The van der Waals surface area contributed by atoms with Gasteiger partial charge in [-0.2, -0.15) is 0 Å². The minimum Gasteiger partial charge on any atom is -0.380 e. The second-order valence-corrected chi connectivity index (χ2v) is 7.15. The lowest BCUT2D eigenvalue weighted by atomic mass is 9.96. The Hall–Kier alpha value is -1.06. The van der Waals surface area contributed by atoms with Crippen molar-refractivity contribution in [2.45, 2.75) is 50.7 Å². The summed E-state index contributed by atoms with van der Waals surface area (Å²) in [5.74, 6) is 0. The lowest BCUT2D eigenvalue weighted by Gasteiger charge is -2.48. The van der Waals surface area contributed by atoms with Gasteiger partial charge in [-0.25, -0.2) is 0 Å². The molecule has 114 valence electrons. The van der Waals surface area contributed by atoms with E-state index >= 15 is 0 Å². The second-order valence-electron chi connectivity index (χ2n) is 7.15. The Morgan fingerprint density at radius 3 is 3.00 bits per heavy atom. The first-order valence-corrected chi connectivity index (χ1v) is 8.62. The second kappa shape index (κ2) is 5.62. The third-order valence-electron chi connectivity index (χ3n) is 5.61. The van der Waals surface area contributed by atoms with E-state index in [1.54, 1.807) is 0 Å². The number of benzene rings is 1. The van der Waals surface area contributed by atoms with Crippen LogP contribution in [0.15, 0.2) is 24.3 Å². The lowest BCUT2D eigenvalue weighted by molar-refractivity contribution is 0.0138. The number of hydrogen-bond acceptors (Lipinski definition) is 3. The molecule has 1 N–H and O–H groups in total. The highest BCUT2D eigenvalue weighted by atomic mass is 15.3. The molecule has 2 saturated heterocycles. The van der Waals surface area contributed by atoms with Crippen LogP contribution in [0.2, 0.25) is 0 Å². The Labute approximate surface area is 128 Å². The summed E-state index contributed by atoms with van der Waals surface area (Å²) in [6.07, 6.45) is 5.43. The van der Waals surface area contributed by atoms with Crippen molar-refractivity contribution in [1.82, 2.24) is 9.80 Å². The predicted octanol–water partition coefficient (Wildman–Crippen LogP) is 2.58. The Morgan fingerprint density at radius 1 is 1.19 bits per heavy atom. The minimum absolute atomic E-state index is 0.597. The SMILES string of the molecule is CC1CN2CCCCC2CN1CC1Cc2ccccc2N1. The molecule has 21 heavy (non-hydrogen) atoms. The molecule has 0 aliphatic carbocycles. The number of rotatable bonds is 2. The molecule has 3 nitrogen and oxygen atoms in total. The molecule has 3 heteroatoms. The van der Waals surface area contributed by atoms with Gasteiger partial charge in [-0.3, -0.25) is 9.80 Å². The standard InChI is InChI=1S/C18H27N3/c1-14-11-20-9-5-4-7-17(20)13-21(14)12-16-10-15-6-2-3-8-18(15)19-16/h2-3,6,8,14,16-17,19H,4-5,7,9-13H2,1H3. The highest BCUT2D eigenvalue weighted by Gasteiger charge is 2.34. The third-order valence-corrected chi connectivity index (χ3v) is 5.61. The average molecular weight is 285 g/mol. The fourth-order valence-corrected chi connectivity index (χ4v) is 4.44. The third kappa shape index (κ3) is 2.69. The van der Waals surface area contributed by atoms with Gasteiger partial charge in [0.2, 0.25) is 0 Å². The van der Waals surface area contributed by atoms with Crippen LogP contribution in [0.3, 0.4) is 0 Å². The van der Waals surface area contributed by atoms with E-state index in [4.69, 9.17) is 0 Å². The number of hydrogen-bond donors (Lipinski definition) is 1. The molecule has 1 aromatic rings. The van der Waals surface area contributed by atoms with Crippen LogP contribution in [0.4, 0.5) is 5.69 Å². The maximum Gasteiger partial charge on any atom is 0.0429 e. The molecule has 3 aliphatic heterocycles. The quantitative estimate of drug-likeness (QED) is 0.901. The topological polar surface area (TPSA) is 18.5 Å². The molecule has 2 fully saturated rings. The van der Waals surface area contributed by atoms with Gasteiger partial charge in [0.1, 0.15) is 0 Å². The van der Waals surface area contributed by atoms with Gasteiger partial charge in [-0.05, 0) is 44.4 Å². The number of anilines is 1. The molecule has 0 aromatic heterocycles. The zero-order valence-electron chi connectivity index (χ0n) is 13.1. The zero-order chi connectivity index (χ0) is 14.2. The number of para-hydroxylation sites is 1. The highest BCUT2D eigenvalue weighted by Crippen LogP contribution is 2.28. The Bertz CT molecular complexity index is 476. The highest BCUT2D eigenvalue weighted by molar-refractivity contribution is 5.56. The molecule has 3 unspecified atom stereocenters. The van der Waals surface area contributed by atoms with Gasteiger partial charge < -0.3 is 5.32 Å². The van der Waals surface area contributed by atoms with E-state index < -0.39 is 0 Å². The van der Waals surface area contributed by atoms with Gasteiger partial charge >= 0.3 is 0 Å². The summed E-state index contributed by atoms with van der Waals surface area (Å²) in [6.45, 7) is 7.48. The van der Waals surface area contributed by atoms with Gasteiger partial charge in [0.05, 0.1) is 0 Å². The van der Waals surface area contributed by atoms with Crippen molar-refractivity contribution >= 4 is 5.69 Å². The van der Waals surface area contributed by atoms with Crippen LogP contribution in [-0.2, 0) is 6.42 Å². The maximum absolute atomic E-state index is 3.72. The molecule has 4 rings (SSSR count). The van der Waals surface area contributed by atoms with E-state index in [2.05, 4.69) is 46.3 Å². The monoisotopic (exact) mass is 285 g/mol. The molecule has 0 bridgehead atoms. The molecular weight excluding hydrogens is 258 g/mol. The fourth-order valence-electron chi connectivity index (χ4n) is 4.44. The molecule has 0 amide bonds. The summed E-state index contributed by atoms with van der Waals surface area (Å²) in [6, 6.07) is 10.9. The van der Waals surface area contributed by atoms with E-state index in [1.807, 2.05) is 0 Å². The molecule has 1 aromatic carbocycles. The van der Waals surface area contributed by atoms with Crippen molar-refractivity contribution in [3.8, 4) is 0 Å².